The van der Waals surface area contributed by atoms with Gasteiger partial charge in [0.2, 0.25) is 0 Å². The lowest BCUT2D eigenvalue weighted by Crippen LogP contribution is -2.26. The smallest absolute Gasteiger partial charge is 0.0600 e. The third kappa shape index (κ3) is 3.11. The van der Waals surface area contributed by atoms with E-state index >= 15 is 0 Å². The summed E-state index contributed by atoms with van der Waals surface area (Å²) >= 11 is 0. The van der Waals surface area contributed by atoms with E-state index in [-0.39, 0.29) is 6.61 Å². The molecule has 2 nitrogen and oxygen atoms in total. The Morgan fingerprint density at radius 2 is 2.08 bits per heavy atom. The van der Waals surface area contributed by atoms with Gasteiger partial charge in [0, 0.05) is 13.2 Å². The fourth-order valence-corrected chi connectivity index (χ4v) is 1.83. The number of hydrogen-bond acceptors (Lipinski definition) is 2. The number of rotatable bonds is 4. The van der Waals surface area contributed by atoms with Gasteiger partial charge in [0.25, 0.3) is 0 Å². The van der Waals surface area contributed by atoms with Crippen molar-refractivity contribution in [2.24, 2.45) is 5.92 Å². The lowest BCUT2D eigenvalue weighted by atomic mass is 9.88. The molecule has 2 atom stereocenters. The molecule has 1 aliphatic carbocycles. The van der Waals surface area contributed by atoms with Crippen LogP contribution in [0.3, 0.4) is 0 Å². The predicted molar refractivity (Wildman–Crippen MR) is 49.1 cm³/mol. The lowest BCUT2D eigenvalue weighted by molar-refractivity contribution is -0.00999. The van der Waals surface area contributed by atoms with E-state index in [0.717, 1.165) is 18.9 Å². The molecule has 0 aromatic carbocycles. The second-order valence-corrected chi connectivity index (χ2v) is 3.75. The van der Waals surface area contributed by atoms with Crippen LogP contribution in [0.15, 0.2) is 0 Å². The third-order valence-electron chi connectivity index (χ3n) is 2.67. The third-order valence-corrected chi connectivity index (χ3v) is 2.67. The summed E-state index contributed by atoms with van der Waals surface area (Å²) < 4.78 is 5.68. The highest BCUT2D eigenvalue weighted by molar-refractivity contribution is 4.72. The first-order chi connectivity index (χ1) is 5.84. The molecule has 0 bridgehead atoms. The Morgan fingerprint density at radius 3 is 2.75 bits per heavy atom. The molecule has 72 valence electrons. The molecule has 1 saturated carbocycles. The molecule has 0 unspecified atom stereocenters. The maximum atomic E-state index is 8.58. The van der Waals surface area contributed by atoms with Crippen LogP contribution in [0.5, 0.6) is 0 Å². The summed E-state index contributed by atoms with van der Waals surface area (Å²) in [4.78, 5) is 0. The van der Waals surface area contributed by atoms with Gasteiger partial charge in [0.1, 0.15) is 0 Å². The van der Waals surface area contributed by atoms with E-state index in [9.17, 15) is 0 Å². The lowest BCUT2D eigenvalue weighted by Gasteiger charge is -2.28. The number of aliphatic hydroxyl groups excluding tert-OH is 1. The topological polar surface area (TPSA) is 29.5 Å². The highest BCUT2D eigenvalue weighted by Crippen LogP contribution is 2.26. The van der Waals surface area contributed by atoms with E-state index in [0.29, 0.717) is 6.10 Å². The molecule has 0 aliphatic heterocycles. The molecular weight excluding hydrogens is 152 g/mol. The first-order valence-electron chi connectivity index (χ1n) is 5.07. The monoisotopic (exact) mass is 172 g/mol. The van der Waals surface area contributed by atoms with Crippen molar-refractivity contribution in [1.82, 2.24) is 0 Å². The summed E-state index contributed by atoms with van der Waals surface area (Å²) in [7, 11) is 0. The van der Waals surface area contributed by atoms with Crippen molar-refractivity contribution in [2.75, 3.05) is 13.2 Å². The van der Waals surface area contributed by atoms with Crippen LogP contribution >= 0.6 is 0 Å². The van der Waals surface area contributed by atoms with Crippen LogP contribution in [0, 0.1) is 5.92 Å². The summed E-state index contributed by atoms with van der Waals surface area (Å²) in [6.07, 6.45) is 6.44. The van der Waals surface area contributed by atoms with Gasteiger partial charge in [0.15, 0.2) is 0 Å². The predicted octanol–water partition coefficient (Wildman–Crippen LogP) is 1.96. The summed E-state index contributed by atoms with van der Waals surface area (Å²) in [6.45, 7) is 3.25. The van der Waals surface area contributed by atoms with Crippen molar-refractivity contribution < 1.29 is 9.84 Å². The van der Waals surface area contributed by atoms with E-state index < -0.39 is 0 Å². The Labute approximate surface area is 74.9 Å². The molecule has 1 N–H and O–H groups in total. The van der Waals surface area contributed by atoms with Crippen LogP contribution in [0.1, 0.15) is 39.0 Å². The fraction of sp³-hybridized carbons (Fsp3) is 1.00. The van der Waals surface area contributed by atoms with Crippen LogP contribution in [-0.4, -0.2) is 24.4 Å². The quantitative estimate of drug-likeness (QED) is 0.657. The zero-order valence-electron chi connectivity index (χ0n) is 7.96. The Hall–Kier alpha value is -0.0800. The minimum atomic E-state index is 0.251. The maximum absolute atomic E-state index is 8.58. The largest absolute Gasteiger partial charge is 0.396 e. The average molecular weight is 172 g/mol. The molecule has 0 amide bonds. The Balaban J connectivity index is 2.11. The number of ether oxygens (including phenoxy) is 1. The standard InChI is InChI=1S/C10H20O2/c1-9-5-2-3-6-10(9)12-8-4-7-11/h9-11H,2-8H2,1H3/t9-,10-/m1/s1. The van der Waals surface area contributed by atoms with E-state index in [4.69, 9.17) is 9.84 Å². The normalized spacial score (nSPS) is 30.5. The van der Waals surface area contributed by atoms with Crippen LogP contribution in [-0.2, 0) is 4.74 Å². The summed E-state index contributed by atoms with van der Waals surface area (Å²) in [5.41, 5.74) is 0. The molecule has 12 heavy (non-hydrogen) atoms. The van der Waals surface area contributed by atoms with Crippen molar-refractivity contribution in [1.29, 1.82) is 0 Å². The van der Waals surface area contributed by atoms with Crippen molar-refractivity contribution in [3.05, 3.63) is 0 Å². The van der Waals surface area contributed by atoms with Gasteiger partial charge in [-0.25, -0.2) is 0 Å². The van der Waals surface area contributed by atoms with Gasteiger partial charge in [0.05, 0.1) is 6.10 Å². The molecule has 0 heterocycles. The van der Waals surface area contributed by atoms with Gasteiger partial charge in [-0.05, 0) is 25.2 Å². The zero-order chi connectivity index (χ0) is 8.81. The molecule has 1 aliphatic rings. The molecule has 1 fully saturated rings. The van der Waals surface area contributed by atoms with E-state index in [1.165, 1.54) is 25.7 Å². The summed E-state index contributed by atoms with van der Waals surface area (Å²) in [6, 6.07) is 0. The molecule has 0 aromatic heterocycles. The first-order valence-corrected chi connectivity index (χ1v) is 5.07. The minimum absolute atomic E-state index is 0.251. The molecular formula is C10H20O2. The van der Waals surface area contributed by atoms with Crippen LogP contribution in [0.4, 0.5) is 0 Å². The number of aliphatic hydroxyl groups is 1. The van der Waals surface area contributed by atoms with Crippen molar-refractivity contribution in [3.63, 3.8) is 0 Å². The Bertz CT molecular complexity index is 114. The molecule has 0 spiro atoms. The minimum Gasteiger partial charge on any atom is -0.396 e. The Morgan fingerprint density at radius 1 is 1.33 bits per heavy atom. The zero-order valence-corrected chi connectivity index (χ0v) is 7.96. The molecule has 1 rings (SSSR count). The summed E-state index contributed by atoms with van der Waals surface area (Å²) in [5, 5.41) is 8.58. The van der Waals surface area contributed by atoms with Crippen LogP contribution in [0.25, 0.3) is 0 Å². The van der Waals surface area contributed by atoms with Crippen molar-refractivity contribution in [2.45, 2.75) is 45.1 Å². The second kappa shape index (κ2) is 5.55. The van der Waals surface area contributed by atoms with Crippen LogP contribution in [0.2, 0.25) is 0 Å². The second-order valence-electron chi connectivity index (χ2n) is 3.75. The van der Waals surface area contributed by atoms with E-state index in [1.54, 1.807) is 0 Å². The highest BCUT2D eigenvalue weighted by Gasteiger charge is 2.21. The highest BCUT2D eigenvalue weighted by atomic mass is 16.5. The van der Waals surface area contributed by atoms with Crippen molar-refractivity contribution in [3.8, 4) is 0 Å². The van der Waals surface area contributed by atoms with Gasteiger partial charge in [-0.2, -0.15) is 0 Å². The SMILES string of the molecule is C[C@@H]1CCCC[C@H]1OCCCO. The van der Waals surface area contributed by atoms with Crippen molar-refractivity contribution >= 4 is 0 Å². The fourth-order valence-electron chi connectivity index (χ4n) is 1.83. The summed E-state index contributed by atoms with van der Waals surface area (Å²) in [5.74, 6) is 0.720. The first kappa shape index (κ1) is 10.0. The van der Waals surface area contributed by atoms with Gasteiger partial charge < -0.3 is 9.84 Å². The van der Waals surface area contributed by atoms with Gasteiger partial charge in [-0.3, -0.25) is 0 Å². The number of hydrogen-bond donors (Lipinski definition) is 1. The maximum Gasteiger partial charge on any atom is 0.0600 e. The van der Waals surface area contributed by atoms with E-state index in [2.05, 4.69) is 6.92 Å². The van der Waals surface area contributed by atoms with Gasteiger partial charge >= 0.3 is 0 Å². The molecule has 0 radical (unpaired) electrons. The average Bonchev–Trinajstić information content (AvgIpc) is 2.09. The van der Waals surface area contributed by atoms with Gasteiger partial charge in [-0.1, -0.05) is 19.8 Å². The Kier molecular flexibility index (Phi) is 4.62. The molecule has 2 heteroatoms. The van der Waals surface area contributed by atoms with Gasteiger partial charge in [-0.15, -0.1) is 0 Å². The van der Waals surface area contributed by atoms with Crippen LogP contribution < -0.4 is 0 Å². The molecule has 0 saturated heterocycles. The van der Waals surface area contributed by atoms with E-state index in [1.807, 2.05) is 0 Å². The molecule has 0 aromatic rings.